The summed E-state index contributed by atoms with van der Waals surface area (Å²) in [5.41, 5.74) is 2.21. The van der Waals surface area contributed by atoms with Crippen LogP contribution in [0.3, 0.4) is 0 Å². The number of hydrogen-bond donors (Lipinski definition) is 0. The second-order valence-electron chi connectivity index (χ2n) is 7.66. The van der Waals surface area contributed by atoms with Crippen LogP contribution in [0.1, 0.15) is 29.4 Å². The Bertz CT molecular complexity index is 1040. The van der Waals surface area contributed by atoms with Crippen molar-refractivity contribution in [3.63, 3.8) is 0 Å². The van der Waals surface area contributed by atoms with Gasteiger partial charge in [0, 0.05) is 45.0 Å². The van der Waals surface area contributed by atoms with E-state index < -0.39 is 0 Å². The molecule has 0 N–H and O–H groups in total. The van der Waals surface area contributed by atoms with Crippen molar-refractivity contribution in [1.82, 2.24) is 19.7 Å². The number of morpholine rings is 1. The van der Waals surface area contributed by atoms with Crippen molar-refractivity contribution in [3.05, 3.63) is 35.7 Å². The number of thiazole rings is 1. The Labute approximate surface area is 186 Å². The Balaban J connectivity index is 1.58. The van der Waals surface area contributed by atoms with Crippen molar-refractivity contribution in [2.24, 2.45) is 7.05 Å². The smallest absolute Gasteiger partial charge is 0.280 e. The van der Waals surface area contributed by atoms with E-state index >= 15 is 0 Å². The minimum Gasteiger partial charge on any atom is -0.494 e. The normalized spacial score (nSPS) is 14.8. The van der Waals surface area contributed by atoms with Gasteiger partial charge in [-0.25, -0.2) is 4.98 Å². The maximum absolute atomic E-state index is 13.5. The van der Waals surface area contributed by atoms with Gasteiger partial charge in [-0.1, -0.05) is 11.3 Å². The summed E-state index contributed by atoms with van der Waals surface area (Å²) in [5, 5.41) is 5.10. The van der Waals surface area contributed by atoms with E-state index in [1.165, 1.54) is 11.3 Å². The van der Waals surface area contributed by atoms with Gasteiger partial charge < -0.3 is 9.47 Å². The Morgan fingerprint density at radius 1 is 1.32 bits per heavy atom. The molecule has 1 amide bonds. The monoisotopic (exact) mass is 443 g/mol. The Morgan fingerprint density at radius 3 is 2.84 bits per heavy atom. The van der Waals surface area contributed by atoms with Gasteiger partial charge >= 0.3 is 0 Å². The molecule has 0 atom stereocenters. The van der Waals surface area contributed by atoms with Crippen LogP contribution in [0.25, 0.3) is 10.2 Å². The molecule has 3 heterocycles. The lowest BCUT2D eigenvalue weighted by Crippen LogP contribution is -2.39. The van der Waals surface area contributed by atoms with E-state index in [4.69, 9.17) is 14.5 Å². The van der Waals surface area contributed by atoms with Crippen molar-refractivity contribution in [3.8, 4) is 5.75 Å². The summed E-state index contributed by atoms with van der Waals surface area (Å²) in [7, 11) is 1.83. The summed E-state index contributed by atoms with van der Waals surface area (Å²) in [4.78, 5) is 22.4. The molecular weight excluding hydrogens is 414 g/mol. The molecule has 1 aliphatic heterocycles. The van der Waals surface area contributed by atoms with Gasteiger partial charge in [-0.05, 0) is 38.5 Å². The fraction of sp³-hybridized carbons (Fsp3) is 0.500. The maximum atomic E-state index is 13.5. The van der Waals surface area contributed by atoms with E-state index in [1.807, 2.05) is 45.3 Å². The van der Waals surface area contributed by atoms with Crippen molar-refractivity contribution in [2.75, 3.05) is 50.9 Å². The number of nitrogens with zero attached hydrogens (tertiary/aromatic N) is 5. The first kappa shape index (κ1) is 21.7. The molecule has 0 radical (unpaired) electrons. The van der Waals surface area contributed by atoms with Gasteiger partial charge in [0.15, 0.2) is 10.8 Å². The predicted molar refractivity (Wildman–Crippen MR) is 122 cm³/mol. The lowest BCUT2D eigenvalue weighted by atomic mass is 10.2. The second kappa shape index (κ2) is 9.76. The van der Waals surface area contributed by atoms with Crippen LogP contribution < -0.4 is 9.64 Å². The fourth-order valence-corrected chi connectivity index (χ4v) is 4.79. The molecule has 8 nitrogen and oxygen atoms in total. The van der Waals surface area contributed by atoms with Crippen molar-refractivity contribution < 1.29 is 14.3 Å². The van der Waals surface area contributed by atoms with Gasteiger partial charge in [-0.3, -0.25) is 19.3 Å². The minimum absolute atomic E-state index is 0.107. The summed E-state index contributed by atoms with van der Waals surface area (Å²) in [6.45, 7) is 9.43. The van der Waals surface area contributed by atoms with E-state index in [0.29, 0.717) is 24.0 Å². The molecule has 9 heteroatoms. The zero-order valence-electron chi connectivity index (χ0n) is 18.3. The van der Waals surface area contributed by atoms with Crippen molar-refractivity contribution in [1.29, 1.82) is 0 Å². The van der Waals surface area contributed by atoms with Gasteiger partial charge in [0.05, 0.1) is 30.0 Å². The van der Waals surface area contributed by atoms with E-state index in [0.717, 1.165) is 60.8 Å². The average molecular weight is 444 g/mol. The Hall–Kier alpha value is -2.49. The molecule has 3 aromatic rings. The van der Waals surface area contributed by atoms with Crippen LogP contribution in [0.4, 0.5) is 5.13 Å². The fourth-order valence-electron chi connectivity index (χ4n) is 3.77. The molecule has 0 bridgehead atoms. The molecule has 4 rings (SSSR count). The molecular formula is C22H29N5O3S. The SMILES string of the molecule is CCOc1ccc2nc(N(CCCN3CCOCC3)C(=O)c3nn(C)cc3C)sc2c1. The van der Waals surface area contributed by atoms with Crippen LogP contribution in [0.5, 0.6) is 5.75 Å². The number of ether oxygens (including phenoxy) is 2. The summed E-state index contributed by atoms with van der Waals surface area (Å²) in [6.07, 6.45) is 2.73. The molecule has 1 aliphatic rings. The molecule has 0 unspecified atom stereocenters. The second-order valence-corrected chi connectivity index (χ2v) is 8.67. The lowest BCUT2D eigenvalue weighted by Gasteiger charge is -2.27. The quantitative estimate of drug-likeness (QED) is 0.533. The highest BCUT2D eigenvalue weighted by molar-refractivity contribution is 7.22. The van der Waals surface area contributed by atoms with Gasteiger partial charge in [0.25, 0.3) is 5.91 Å². The first-order valence-corrected chi connectivity index (χ1v) is 11.5. The van der Waals surface area contributed by atoms with Crippen LogP contribution >= 0.6 is 11.3 Å². The van der Waals surface area contributed by atoms with E-state index in [-0.39, 0.29) is 5.91 Å². The first-order valence-electron chi connectivity index (χ1n) is 10.7. The predicted octanol–water partition coefficient (Wildman–Crippen LogP) is 3.11. The number of aryl methyl sites for hydroxylation is 2. The zero-order valence-corrected chi connectivity index (χ0v) is 19.2. The summed E-state index contributed by atoms with van der Waals surface area (Å²) in [6, 6.07) is 5.86. The van der Waals surface area contributed by atoms with Gasteiger partial charge in [-0.15, -0.1) is 0 Å². The molecule has 2 aromatic heterocycles. The highest BCUT2D eigenvalue weighted by Crippen LogP contribution is 2.32. The molecule has 31 heavy (non-hydrogen) atoms. The van der Waals surface area contributed by atoms with Crippen LogP contribution in [-0.2, 0) is 11.8 Å². The Kier molecular flexibility index (Phi) is 6.84. The van der Waals surface area contributed by atoms with Crippen LogP contribution in [0.2, 0.25) is 0 Å². The molecule has 1 saturated heterocycles. The average Bonchev–Trinajstić information content (AvgIpc) is 3.33. The van der Waals surface area contributed by atoms with E-state index in [1.54, 1.807) is 9.58 Å². The van der Waals surface area contributed by atoms with E-state index in [9.17, 15) is 4.79 Å². The summed E-state index contributed by atoms with van der Waals surface area (Å²) in [5.74, 6) is 0.708. The van der Waals surface area contributed by atoms with Gasteiger partial charge in [0.1, 0.15) is 5.75 Å². The lowest BCUT2D eigenvalue weighted by molar-refractivity contribution is 0.0376. The zero-order chi connectivity index (χ0) is 21.8. The summed E-state index contributed by atoms with van der Waals surface area (Å²) >= 11 is 1.51. The van der Waals surface area contributed by atoms with Crippen molar-refractivity contribution in [2.45, 2.75) is 20.3 Å². The van der Waals surface area contributed by atoms with Gasteiger partial charge in [-0.2, -0.15) is 5.10 Å². The third-order valence-electron chi connectivity index (χ3n) is 5.31. The maximum Gasteiger partial charge on any atom is 0.280 e. The molecule has 0 aliphatic carbocycles. The highest BCUT2D eigenvalue weighted by atomic mass is 32.1. The first-order chi connectivity index (χ1) is 15.0. The van der Waals surface area contributed by atoms with E-state index in [2.05, 4.69) is 10.00 Å². The molecule has 0 saturated carbocycles. The molecule has 1 aromatic carbocycles. The third-order valence-corrected chi connectivity index (χ3v) is 6.35. The minimum atomic E-state index is -0.107. The van der Waals surface area contributed by atoms with Crippen molar-refractivity contribution >= 4 is 32.6 Å². The number of hydrogen-bond acceptors (Lipinski definition) is 7. The van der Waals surface area contributed by atoms with Crippen LogP contribution in [-0.4, -0.2) is 71.6 Å². The van der Waals surface area contributed by atoms with Crippen LogP contribution in [0.15, 0.2) is 24.4 Å². The number of fused-ring (bicyclic) bond motifs is 1. The number of benzene rings is 1. The number of carbonyl (C=O) groups is 1. The Morgan fingerprint density at radius 2 is 2.13 bits per heavy atom. The van der Waals surface area contributed by atoms with Crippen LogP contribution in [0, 0.1) is 6.92 Å². The molecule has 1 fully saturated rings. The number of amides is 1. The third kappa shape index (κ3) is 5.06. The number of carbonyl (C=O) groups excluding carboxylic acids is 1. The van der Waals surface area contributed by atoms with Gasteiger partial charge in [0.2, 0.25) is 0 Å². The highest BCUT2D eigenvalue weighted by Gasteiger charge is 2.25. The number of aromatic nitrogens is 3. The topological polar surface area (TPSA) is 72.7 Å². The number of anilines is 1. The standard InChI is InChI=1S/C22H29N5O3S/c1-4-30-17-6-7-18-19(14-17)31-22(23-18)27(9-5-8-26-10-12-29-13-11-26)21(28)20-16(2)15-25(3)24-20/h6-7,14-15H,4-5,8-13H2,1-3H3. The summed E-state index contributed by atoms with van der Waals surface area (Å²) < 4.78 is 13.7. The molecule has 0 spiro atoms. The number of rotatable bonds is 8. The largest absolute Gasteiger partial charge is 0.494 e. The molecule has 166 valence electrons.